The van der Waals surface area contributed by atoms with Gasteiger partial charge in [0.1, 0.15) is 5.75 Å². The lowest BCUT2D eigenvalue weighted by molar-refractivity contribution is -0.123. The monoisotopic (exact) mass is 677 g/mol. The first-order valence-corrected chi connectivity index (χ1v) is 17.0. The van der Waals surface area contributed by atoms with E-state index in [2.05, 4.69) is 10.3 Å². The Balaban J connectivity index is 1.15. The lowest BCUT2D eigenvalue weighted by Crippen LogP contribution is -2.42. The summed E-state index contributed by atoms with van der Waals surface area (Å²) < 4.78 is 6.14. The topological polar surface area (TPSA) is 109 Å². The number of thioether (sulfide) groups is 1. The minimum absolute atomic E-state index is 0.00544. The predicted octanol–water partition coefficient (Wildman–Crippen LogP) is 6.44. The second-order valence-electron chi connectivity index (χ2n) is 11.8. The molecule has 1 saturated heterocycles. The highest BCUT2D eigenvalue weighted by Gasteiger charge is 2.69. The summed E-state index contributed by atoms with van der Waals surface area (Å²) in [6.07, 6.45) is 0.746. The summed E-state index contributed by atoms with van der Waals surface area (Å²) in [4.78, 5) is 58.4. The lowest BCUT2D eigenvalue weighted by atomic mass is 9.68. The molecule has 8 nitrogen and oxygen atoms in total. The number of aromatic amines is 1. The Morgan fingerprint density at radius 2 is 1.64 bits per heavy atom. The number of nitrogens with one attached hydrogen (secondary N) is 2. The molecule has 12 heteroatoms. The van der Waals surface area contributed by atoms with Crippen LogP contribution in [0.2, 0.25) is 10.0 Å². The fraction of sp³-hybridized carbons (Fsp3) is 0.273. The summed E-state index contributed by atoms with van der Waals surface area (Å²) in [5.41, 5.74) is 1.95. The summed E-state index contributed by atoms with van der Waals surface area (Å²) >= 11 is 15.4. The fourth-order valence-electron chi connectivity index (χ4n) is 7.97. The Morgan fingerprint density at radius 1 is 0.933 bits per heavy atom. The number of amides is 3. The van der Waals surface area contributed by atoms with E-state index in [1.807, 2.05) is 24.3 Å². The van der Waals surface area contributed by atoms with Crippen molar-refractivity contribution in [3.05, 3.63) is 103 Å². The van der Waals surface area contributed by atoms with Crippen molar-refractivity contribution in [2.24, 2.45) is 29.6 Å². The van der Waals surface area contributed by atoms with E-state index in [-0.39, 0.29) is 58.1 Å². The Bertz CT molecular complexity index is 1910. The molecule has 2 bridgehead atoms. The first-order chi connectivity index (χ1) is 21.8. The van der Waals surface area contributed by atoms with E-state index in [1.54, 1.807) is 60.3 Å². The highest BCUT2D eigenvalue weighted by Crippen LogP contribution is 2.69. The van der Waals surface area contributed by atoms with Crippen molar-refractivity contribution >= 4 is 75.4 Å². The van der Waals surface area contributed by atoms with E-state index in [0.717, 1.165) is 33.2 Å². The molecule has 0 radical (unpaired) electrons. The van der Waals surface area contributed by atoms with E-state index in [4.69, 9.17) is 27.9 Å². The minimum atomic E-state index is -0.458. The van der Waals surface area contributed by atoms with Crippen LogP contribution in [0.4, 0.5) is 11.4 Å². The Hall–Kier alpha value is -3.57. The van der Waals surface area contributed by atoms with Crippen LogP contribution >= 0.6 is 46.3 Å². The molecular formula is C33H25Cl2N3O5S2. The van der Waals surface area contributed by atoms with Gasteiger partial charge in [-0.15, -0.1) is 11.8 Å². The number of H-pyrrole nitrogens is 1. The van der Waals surface area contributed by atoms with Crippen LogP contribution in [0, 0.1) is 29.6 Å². The number of carbonyl (C=O) groups is 3. The zero-order chi connectivity index (χ0) is 31.0. The number of rotatable bonds is 6. The highest BCUT2D eigenvalue weighted by atomic mass is 35.5. The number of fused-ring (bicyclic) bond motifs is 9. The second-order valence-corrected chi connectivity index (χ2v) is 14.9. The SMILES string of the molecule is O=C(COc1ccc(Cl)cc1[C@H]1c2sc(=O)[nH]c2SC2C3CC(C4C(=O)N(c5ccc(Cl)cc5)C(=O)C34)C21)Nc1ccccc1. The molecule has 6 unspecified atom stereocenters. The van der Waals surface area contributed by atoms with E-state index in [9.17, 15) is 19.2 Å². The molecule has 3 amide bonds. The van der Waals surface area contributed by atoms with Crippen molar-refractivity contribution in [2.75, 3.05) is 16.8 Å². The molecule has 4 aromatic rings. The van der Waals surface area contributed by atoms with Crippen LogP contribution in [-0.4, -0.2) is 34.6 Å². The predicted molar refractivity (Wildman–Crippen MR) is 174 cm³/mol. The fourth-order valence-corrected chi connectivity index (χ4v) is 11.2. The number of aromatic nitrogens is 1. The number of imide groups is 1. The van der Waals surface area contributed by atoms with Gasteiger partial charge in [-0.05, 0) is 78.8 Å². The lowest BCUT2D eigenvalue weighted by Gasteiger charge is -2.43. The maximum Gasteiger partial charge on any atom is 0.305 e. The molecule has 45 heavy (non-hydrogen) atoms. The number of ether oxygens (including phenoxy) is 1. The summed E-state index contributed by atoms with van der Waals surface area (Å²) in [6, 6.07) is 21.2. The third-order valence-electron chi connectivity index (χ3n) is 9.53. The van der Waals surface area contributed by atoms with Gasteiger partial charge in [0.15, 0.2) is 6.61 Å². The van der Waals surface area contributed by atoms with Crippen LogP contribution < -0.4 is 19.8 Å². The third-order valence-corrected chi connectivity index (χ3v) is 12.6. The average molecular weight is 679 g/mol. The molecule has 3 heterocycles. The van der Waals surface area contributed by atoms with Crippen molar-refractivity contribution < 1.29 is 19.1 Å². The van der Waals surface area contributed by atoms with E-state index in [0.29, 0.717) is 27.2 Å². The van der Waals surface area contributed by atoms with Crippen molar-refractivity contribution in [1.29, 1.82) is 0 Å². The molecule has 2 N–H and O–H groups in total. The van der Waals surface area contributed by atoms with Gasteiger partial charge in [-0.1, -0.05) is 52.7 Å². The summed E-state index contributed by atoms with van der Waals surface area (Å²) in [7, 11) is 0. The van der Waals surface area contributed by atoms with Crippen LogP contribution in [0.1, 0.15) is 22.8 Å². The quantitative estimate of drug-likeness (QED) is 0.228. The molecule has 0 spiro atoms. The number of nitrogens with zero attached hydrogens (tertiary/aromatic N) is 1. The standard InChI is InChI=1S/C33H25Cl2N3O5S2/c34-15-6-9-18(10-7-15)38-31(40)26-20-13-21(27(26)32(38)41)28-25(20)24(29-30(44-28)37-33(42)45-29)19-12-16(35)8-11-22(19)43-14-23(39)36-17-4-2-1-3-5-17/h1-12,20-21,24-28H,13-14H2,(H,36,39)(H,37,42)/t20?,21?,24-,25?,26?,27?,28?/m1/s1. The summed E-state index contributed by atoms with van der Waals surface area (Å²) in [6.45, 7) is -0.227. The van der Waals surface area contributed by atoms with Crippen molar-refractivity contribution in [1.82, 2.24) is 4.98 Å². The molecule has 2 aliphatic heterocycles. The maximum atomic E-state index is 14.0. The van der Waals surface area contributed by atoms with Gasteiger partial charge in [0.25, 0.3) is 5.91 Å². The average Bonchev–Trinajstić information content (AvgIpc) is 3.76. The maximum absolute atomic E-state index is 14.0. The van der Waals surface area contributed by atoms with Crippen molar-refractivity contribution in [3.8, 4) is 5.75 Å². The van der Waals surface area contributed by atoms with Crippen LogP contribution in [-0.2, 0) is 14.4 Å². The molecular weight excluding hydrogens is 653 g/mol. The smallest absolute Gasteiger partial charge is 0.305 e. The zero-order valence-corrected chi connectivity index (χ0v) is 26.6. The van der Waals surface area contributed by atoms with Gasteiger partial charge in [-0.3, -0.25) is 24.1 Å². The molecule has 3 aromatic carbocycles. The Morgan fingerprint density at radius 3 is 2.40 bits per heavy atom. The van der Waals surface area contributed by atoms with E-state index < -0.39 is 11.8 Å². The summed E-state index contributed by atoms with van der Waals surface area (Å²) in [5.74, 6) is -1.56. The van der Waals surface area contributed by atoms with E-state index >= 15 is 0 Å². The van der Waals surface area contributed by atoms with Crippen molar-refractivity contribution in [3.63, 3.8) is 0 Å². The van der Waals surface area contributed by atoms with Gasteiger partial charge in [0, 0.05) is 37.3 Å². The number of benzene rings is 3. The molecule has 1 aromatic heterocycles. The number of thiazole rings is 1. The molecule has 4 aliphatic rings. The second kappa shape index (κ2) is 11.0. The third kappa shape index (κ3) is 4.72. The minimum Gasteiger partial charge on any atom is -0.483 e. The number of hydrogen-bond acceptors (Lipinski definition) is 7. The first kappa shape index (κ1) is 28.9. The number of para-hydroxylation sites is 1. The zero-order valence-electron chi connectivity index (χ0n) is 23.4. The molecule has 2 saturated carbocycles. The van der Waals surface area contributed by atoms with Gasteiger partial charge in [0.2, 0.25) is 11.8 Å². The van der Waals surface area contributed by atoms with Gasteiger partial charge in [-0.2, -0.15) is 0 Å². The van der Waals surface area contributed by atoms with E-state index in [1.165, 1.54) is 4.90 Å². The Kier molecular flexibility index (Phi) is 7.09. The van der Waals surface area contributed by atoms with Gasteiger partial charge >= 0.3 is 4.87 Å². The first-order valence-electron chi connectivity index (χ1n) is 14.6. The van der Waals surface area contributed by atoms with Crippen LogP contribution in [0.3, 0.4) is 0 Å². The molecule has 7 atom stereocenters. The molecule has 3 fully saturated rings. The van der Waals surface area contributed by atoms with Gasteiger partial charge in [0.05, 0.1) is 22.5 Å². The van der Waals surface area contributed by atoms with Gasteiger partial charge in [-0.25, -0.2) is 0 Å². The molecule has 8 rings (SSSR count). The normalized spacial score (nSPS) is 27.7. The number of carbonyl (C=O) groups excluding carboxylic acids is 3. The molecule has 2 aliphatic carbocycles. The number of hydrogen-bond donors (Lipinski definition) is 2. The van der Waals surface area contributed by atoms with Crippen LogP contribution in [0.25, 0.3) is 0 Å². The molecule has 228 valence electrons. The Labute approximate surface area is 276 Å². The highest BCUT2D eigenvalue weighted by molar-refractivity contribution is 8.00. The largest absolute Gasteiger partial charge is 0.483 e. The van der Waals surface area contributed by atoms with Crippen LogP contribution in [0.15, 0.2) is 82.6 Å². The number of halogens is 2. The van der Waals surface area contributed by atoms with Gasteiger partial charge < -0.3 is 15.0 Å². The number of anilines is 2. The van der Waals surface area contributed by atoms with Crippen molar-refractivity contribution in [2.45, 2.75) is 22.6 Å². The van der Waals surface area contributed by atoms with Crippen LogP contribution in [0.5, 0.6) is 5.75 Å². The summed E-state index contributed by atoms with van der Waals surface area (Å²) in [5, 5.41) is 4.63.